The van der Waals surface area contributed by atoms with Crippen LogP contribution >= 0.6 is 38.9 Å². The second-order valence-electron chi connectivity index (χ2n) is 4.29. The third-order valence-corrected chi connectivity index (χ3v) is 5.47. The molecule has 2 rings (SSSR count). The fraction of sp³-hybridized carbons (Fsp3) is 0.462. The fourth-order valence-electron chi connectivity index (χ4n) is 2.07. The zero-order chi connectivity index (χ0) is 14.0. The highest BCUT2D eigenvalue weighted by molar-refractivity contribution is 9.11. The molecule has 0 fully saturated rings. The largest absolute Gasteiger partial charge is 0.305 e. The average Bonchev–Trinajstić information content (AvgIpc) is 2.91. The van der Waals surface area contributed by atoms with Gasteiger partial charge in [0.15, 0.2) is 0 Å². The van der Waals surface area contributed by atoms with E-state index in [1.54, 1.807) is 17.5 Å². The van der Waals surface area contributed by atoms with Crippen molar-refractivity contribution in [2.24, 2.45) is 0 Å². The molecule has 2 heterocycles. The van der Waals surface area contributed by atoms with Crippen LogP contribution in [0.1, 0.15) is 36.0 Å². The van der Waals surface area contributed by atoms with Crippen LogP contribution in [0, 0.1) is 6.92 Å². The maximum atomic E-state index is 6.32. The highest BCUT2D eigenvalue weighted by Crippen LogP contribution is 2.36. The van der Waals surface area contributed by atoms with E-state index in [2.05, 4.69) is 53.2 Å². The quantitative estimate of drug-likeness (QED) is 0.855. The summed E-state index contributed by atoms with van der Waals surface area (Å²) < 4.78 is 3.13. The molecule has 0 amide bonds. The Morgan fingerprint density at radius 2 is 2.26 bits per heavy atom. The first-order valence-electron chi connectivity index (χ1n) is 6.28. The molecule has 0 saturated carbocycles. The minimum atomic E-state index is 0.0925. The summed E-state index contributed by atoms with van der Waals surface area (Å²) in [5.74, 6) is 0. The molecule has 2 aromatic rings. The molecule has 0 saturated heterocycles. The highest BCUT2D eigenvalue weighted by atomic mass is 79.9. The maximum Gasteiger partial charge on any atom is 0.0857 e. The fourth-order valence-corrected chi connectivity index (χ4v) is 3.97. The van der Waals surface area contributed by atoms with E-state index in [1.807, 2.05) is 4.68 Å². The van der Waals surface area contributed by atoms with Crippen molar-refractivity contribution in [3.05, 3.63) is 37.2 Å². The minimum absolute atomic E-state index is 0.0925. The second-order valence-corrected chi connectivity index (χ2v) is 7.10. The molecule has 0 aromatic carbocycles. The van der Waals surface area contributed by atoms with Gasteiger partial charge in [0.1, 0.15) is 0 Å². The van der Waals surface area contributed by atoms with Gasteiger partial charge < -0.3 is 5.32 Å². The first-order valence-corrected chi connectivity index (χ1v) is 8.27. The lowest BCUT2D eigenvalue weighted by atomic mass is 10.1. The molecule has 0 aliphatic heterocycles. The normalized spacial score (nSPS) is 12.9. The maximum absolute atomic E-state index is 6.32. The van der Waals surface area contributed by atoms with Crippen molar-refractivity contribution >= 4 is 38.9 Å². The van der Waals surface area contributed by atoms with Crippen LogP contribution in [-0.2, 0) is 6.54 Å². The number of hydrogen-bond acceptors (Lipinski definition) is 3. The molecule has 0 radical (unpaired) electrons. The van der Waals surface area contributed by atoms with Gasteiger partial charge in [-0.1, -0.05) is 18.5 Å². The summed E-state index contributed by atoms with van der Waals surface area (Å²) in [6.45, 7) is 7.97. The van der Waals surface area contributed by atoms with E-state index in [4.69, 9.17) is 11.6 Å². The van der Waals surface area contributed by atoms with Crippen LogP contribution in [0.2, 0.25) is 5.02 Å². The molecule has 0 spiro atoms. The summed E-state index contributed by atoms with van der Waals surface area (Å²) >= 11 is 11.7. The van der Waals surface area contributed by atoms with E-state index < -0.39 is 0 Å². The molecule has 1 N–H and O–H groups in total. The molecule has 1 unspecified atom stereocenters. The van der Waals surface area contributed by atoms with Crippen LogP contribution < -0.4 is 5.32 Å². The molecule has 1 atom stereocenters. The van der Waals surface area contributed by atoms with E-state index >= 15 is 0 Å². The number of nitrogens with zero attached hydrogens (tertiary/aromatic N) is 2. The minimum Gasteiger partial charge on any atom is -0.305 e. The van der Waals surface area contributed by atoms with Gasteiger partial charge in [0.2, 0.25) is 0 Å². The Morgan fingerprint density at radius 3 is 2.79 bits per heavy atom. The van der Waals surface area contributed by atoms with Gasteiger partial charge in [-0.2, -0.15) is 5.10 Å². The highest BCUT2D eigenvalue weighted by Gasteiger charge is 2.23. The Labute approximate surface area is 131 Å². The summed E-state index contributed by atoms with van der Waals surface area (Å²) in [6, 6.07) is 2.29. The zero-order valence-electron chi connectivity index (χ0n) is 11.2. The average molecular weight is 363 g/mol. The van der Waals surface area contributed by atoms with Crippen LogP contribution in [0.25, 0.3) is 0 Å². The summed E-state index contributed by atoms with van der Waals surface area (Å²) in [5.41, 5.74) is 2.29. The van der Waals surface area contributed by atoms with Gasteiger partial charge in [-0.3, -0.25) is 4.68 Å². The number of aromatic nitrogens is 2. The summed E-state index contributed by atoms with van der Waals surface area (Å²) in [4.78, 5) is 1.25. The van der Waals surface area contributed by atoms with Crippen LogP contribution in [0.4, 0.5) is 0 Å². The molecule has 0 bridgehead atoms. The topological polar surface area (TPSA) is 29.9 Å². The van der Waals surface area contributed by atoms with Gasteiger partial charge >= 0.3 is 0 Å². The summed E-state index contributed by atoms with van der Waals surface area (Å²) in [7, 11) is 0. The van der Waals surface area contributed by atoms with Crippen molar-refractivity contribution in [3.63, 3.8) is 0 Å². The molecule has 19 heavy (non-hydrogen) atoms. The van der Waals surface area contributed by atoms with Gasteiger partial charge in [-0.25, -0.2) is 0 Å². The van der Waals surface area contributed by atoms with Crippen molar-refractivity contribution in [1.29, 1.82) is 0 Å². The van der Waals surface area contributed by atoms with E-state index in [0.717, 1.165) is 23.8 Å². The number of aryl methyl sites for hydroxylation is 2. The van der Waals surface area contributed by atoms with Crippen LogP contribution in [0.15, 0.2) is 16.0 Å². The molecule has 0 aliphatic carbocycles. The number of nitrogens with one attached hydrogen (secondary N) is 1. The molecule has 6 heteroatoms. The van der Waals surface area contributed by atoms with Gasteiger partial charge in [0.05, 0.1) is 26.7 Å². The number of halogens is 2. The number of thiophene rings is 1. The van der Waals surface area contributed by atoms with Gasteiger partial charge in [0, 0.05) is 11.4 Å². The second kappa shape index (κ2) is 6.39. The van der Waals surface area contributed by atoms with Crippen LogP contribution in [0.5, 0.6) is 0 Å². The number of hydrogen-bond donors (Lipinski definition) is 1. The molecular weight excluding hydrogens is 346 g/mol. The molecular formula is C13H17BrClN3S. The van der Waals surface area contributed by atoms with Crippen molar-refractivity contribution in [3.8, 4) is 0 Å². The monoisotopic (exact) mass is 361 g/mol. The Hall–Kier alpha value is -0.360. The van der Waals surface area contributed by atoms with Crippen LogP contribution in [-0.4, -0.2) is 16.3 Å². The lowest BCUT2D eigenvalue weighted by Gasteiger charge is -2.18. The molecule has 104 valence electrons. The summed E-state index contributed by atoms with van der Waals surface area (Å²) in [5, 5.41) is 8.55. The summed E-state index contributed by atoms with van der Waals surface area (Å²) in [6.07, 6.45) is 1.72. The Kier molecular flexibility index (Phi) is 5.06. The zero-order valence-corrected chi connectivity index (χ0v) is 14.4. The van der Waals surface area contributed by atoms with Crippen molar-refractivity contribution in [2.45, 2.75) is 33.4 Å². The molecule has 0 aliphatic rings. The van der Waals surface area contributed by atoms with Crippen molar-refractivity contribution < 1.29 is 0 Å². The smallest absolute Gasteiger partial charge is 0.0857 e. The lowest BCUT2D eigenvalue weighted by molar-refractivity contribution is 0.547. The van der Waals surface area contributed by atoms with E-state index in [9.17, 15) is 0 Å². The van der Waals surface area contributed by atoms with Crippen molar-refractivity contribution in [1.82, 2.24) is 15.1 Å². The van der Waals surface area contributed by atoms with Gasteiger partial charge in [-0.15, -0.1) is 11.3 Å². The number of rotatable bonds is 5. The van der Waals surface area contributed by atoms with Crippen LogP contribution in [0.3, 0.4) is 0 Å². The van der Waals surface area contributed by atoms with Gasteiger partial charge in [0.25, 0.3) is 0 Å². The predicted molar refractivity (Wildman–Crippen MR) is 85.2 cm³/mol. The molecule has 3 nitrogen and oxygen atoms in total. The Bertz CT molecular complexity index is 545. The lowest BCUT2D eigenvalue weighted by Crippen LogP contribution is -2.24. The Balaban J connectivity index is 2.47. The van der Waals surface area contributed by atoms with E-state index in [0.29, 0.717) is 0 Å². The Morgan fingerprint density at radius 1 is 1.53 bits per heavy atom. The third kappa shape index (κ3) is 3.05. The predicted octanol–water partition coefficient (Wildman–Crippen LogP) is 4.39. The molecule has 2 aromatic heterocycles. The van der Waals surface area contributed by atoms with Gasteiger partial charge in [-0.05, 0) is 48.0 Å². The first-order chi connectivity index (χ1) is 9.08. The van der Waals surface area contributed by atoms with E-state index in [-0.39, 0.29) is 6.04 Å². The third-order valence-electron chi connectivity index (χ3n) is 2.98. The standard InChI is InChI=1S/C13H17BrClN3S/c1-4-16-11(10-6-8(3)13(14)19-10)12-9(15)7-17-18(12)5-2/h6-7,11,16H,4-5H2,1-3H3. The SMILES string of the molecule is CCNC(c1cc(C)c(Br)s1)c1c(Cl)cnn1CC. The van der Waals surface area contributed by atoms with Crippen molar-refractivity contribution in [2.75, 3.05) is 6.54 Å². The van der Waals surface area contributed by atoms with E-state index in [1.165, 1.54) is 14.2 Å². The first kappa shape index (κ1) is 15.0.